The maximum absolute atomic E-state index is 12.9. The molecule has 1 aromatic carbocycles. The van der Waals surface area contributed by atoms with Crippen molar-refractivity contribution in [2.24, 2.45) is 0 Å². The van der Waals surface area contributed by atoms with Gasteiger partial charge in [-0.05, 0) is 44.5 Å². The number of benzene rings is 1. The number of carbonyl (C=O) groups excluding carboxylic acids is 2. The number of amides is 2. The highest BCUT2D eigenvalue weighted by molar-refractivity contribution is 7.92. The summed E-state index contributed by atoms with van der Waals surface area (Å²) in [6.45, 7) is 1.32. The van der Waals surface area contributed by atoms with Gasteiger partial charge in [-0.3, -0.25) is 9.59 Å². The van der Waals surface area contributed by atoms with E-state index in [1.54, 1.807) is 24.3 Å². The van der Waals surface area contributed by atoms with Crippen molar-refractivity contribution < 1.29 is 18.0 Å². The van der Waals surface area contributed by atoms with Gasteiger partial charge in [-0.1, -0.05) is 23.7 Å². The Morgan fingerprint density at radius 2 is 1.93 bits per heavy atom. The first kappa shape index (κ1) is 21.9. The number of rotatable bonds is 4. The van der Waals surface area contributed by atoms with Crippen molar-refractivity contribution in [3.8, 4) is 0 Å². The number of piperidine rings is 1. The minimum atomic E-state index is -3.62. The molecule has 1 atom stereocenters. The van der Waals surface area contributed by atoms with Crippen LogP contribution in [-0.2, 0) is 19.4 Å². The molecule has 0 bridgehead atoms. The molecule has 0 aliphatic carbocycles. The van der Waals surface area contributed by atoms with E-state index in [1.165, 1.54) is 4.90 Å². The Labute approximate surface area is 170 Å². The Morgan fingerprint density at radius 3 is 2.52 bits per heavy atom. The number of hydrogen-bond acceptors (Lipinski definition) is 5. The van der Waals surface area contributed by atoms with Crippen molar-refractivity contribution in [1.82, 2.24) is 10.6 Å². The van der Waals surface area contributed by atoms with Crippen LogP contribution in [0.25, 0.3) is 0 Å². The largest absolute Gasteiger partial charge is 0.343 e. The summed E-state index contributed by atoms with van der Waals surface area (Å²) in [4.78, 5) is 27.1. The standard InChI is InChI=1S/C17H22ClN3O4S.ClH/c1-26(24,25)17(7-9-19-10-8-17)16(23)20-13-6-11-21(15(13)22)14-5-3-2-4-12(14)18;/h2-5,13,19H,6-11H2,1H3,(H,20,23);1H. The van der Waals surface area contributed by atoms with E-state index in [1.807, 2.05) is 0 Å². The second-order valence-corrected chi connectivity index (χ2v) is 9.51. The maximum atomic E-state index is 12.9. The summed E-state index contributed by atoms with van der Waals surface area (Å²) in [7, 11) is -3.62. The third kappa shape index (κ3) is 4.08. The highest BCUT2D eigenvalue weighted by Crippen LogP contribution is 2.31. The summed E-state index contributed by atoms with van der Waals surface area (Å²) in [5.41, 5.74) is 0.593. The van der Waals surface area contributed by atoms with Crippen molar-refractivity contribution in [1.29, 1.82) is 0 Å². The van der Waals surface area contributed by atoms with Gasteiger partial charge in [0.15, 0.2) is 14.6 Å². The zero-order chi connectivity index (χ0) is 18.9. The van der Waals surface area contributed by atoms with E-state index in [-0.39, 0.29) is 31.2 Å². The predicted octanol–water partition coefficient (Wildman–Crippen LogP) is 1.15. The van der Waals surface area contributed by atoms with E-state index in [2.05, 4.69) is 10.6 Å². The second kappa shape index (κ2) is 8.34. The number of halogens is 2. The van der Waals surface area contributed by atoms with Crippen LogP contribution in [0.2, 0.25) is 5.02 Å². The van der Waals surface area contributed by atoms with Crippen molar-refractivity contribution in [3.63, 3.8) is 0 Å². The van der Waals surface area contributed by atoms with Crippen LogP contribution in [0.4, 0.5) is 5.69 Å². The Hall–Kier alpha value is -1.35. The number of nitrogens with one attached hydrogen (secondary N) is 2. The summed E-state index contributed by atoms with van der Waals surface area (Å²) >= 11 is 6.16. The maximum Gasteiger partial charge on any atom is 0.249 e. The van der Waals surface area contributed by atoms with Crippen LogP contribution >= 0.6 is 24.0 Å². The molecule has 2 aliphatic heterocycles. The van der Waals surface area contributed by atoms with Crippen molar-refractivity contribution in [2.45, 2.75) is 30.1 Å². The Morgan fingerprint density at radius 1 is 1.30 bits per heavy atom. The van der Waals surface area contributed by atoms with Crippen LogP contribution in [0.1, 0.15) is 19.3 Å². The van der Waals surface area contributed by atoms with Gasteiger partial charge in [0, 0.05) is 12.8 Å². The molecule has 0 aromatic heterocycles. The summed E-state index contributed by atoms with van der Waals surface area (Å²) < 4.78 is 23.2. The number of hydrogen-bond donors (Lipinski definition) is 2. The van der Waals surface area contributed by atoms with Gasteiger partial charge in [0.25, 0.3) is 0 Å². The van der Waals surface area contributed by atoms with Crippen LogP contribution in [-0.4, -0.2) is 56.9 Å². The molecular formula is C17H23Cl2N3O4S. The average Bonchev–Trinajstić information content (AvgIpc) is 2.95. The SMILES string of the molecule is CS(=O)(=O)C1(C(=O)NC2CCN(c3ccccc3Cl)C2=O)CCNCC1.Cl. The molecule has 2 saturated heterocycles. The molecule has 0 saturated carbocycles. The van der Waals surface area contributed by atoms with Crippen LogP contribution in [0.3, 0.4) is 0 Å². The molecule has 3 rings (SSSR count). The number of anilines is 1. The number of nitrogens with zero attached hydrogens (tertiary/aromatic N) is 1. The van der Waals surface area contributed by atoms with Crippen LogP contribution in [0.15, 0.2) is 24.3 Å². The molecule has 1 unspecified atom stereocenters. The minimum Gasteiger partial charge on any atom is -0.343 e. The number of para-hydroxylation sites is 1. The highest BCUT2D eigenvalue weighted by Gasteiger charge is 2.50. The van der Waals surface area contributed by atoms with Crippen molar-refractivity contribution in [3.05, 3.63) is 29.3 Å². The molecule has 7 nitrogen and oxygen atoms in total. The van der Waals surface area contributed by atoms with Crippen LogP contribution in [0.5, 0.6) is 0 Å². The molecule has 2 fully saturated rings. The third-order valence-electron chi connectivity index (χ3n) is 5.19. The molecule has 2 heterocycles. The summed E-state index contributed by atoms with van der Waals surface area (Å²) in [5.74, 6) is -0.857. The number of sulfone groups is 1. The Bertz CT molecular complexity index is 825. The fraction of sp³-hybridized carbons (Fsp3) is 0.529. The van der Waals surface area contributed by atoms with E-state index >= 15 is 0 Å². The zero-order valence-corrected chi connectivity index (χ0v) is 17.3. The second-order valence-electron chi connectivity index (χ2n) is 6.77. The third-order valence-corrected chi connectivity index (χ3v) is 7.52. The van der Waals surface area contributed by atoms with Gasteiger partial charge < -0.3 is 15.5 Å². The van der Waals surface area contributed by atoms with Gasteiger partial charge in [-0.25, -0.2) is 8.42 Å². The summed E-state index contributed by atoms with van der Waals surface area (Å²) in [5, 5.41) is 6.21. The quantitative estimate of drug-likeness (QED) is 0.739. The lowest BCUT2D eigenvalue weighted by Crippen LogP contribution is -2.59. The smallest absolute Gasteiger partial charge is 0.249 e. The molecule has 27 heavy (non-hydrogen) atoms. The van der Waals surface area contributed by atoms with Gasteiger partial charge in [0.1, 0.15) is 6.04 Å². The first-order valence-electron chi connectivity index (χ1n) is 8.53. The molecule has 2 amide bonds. The van der Waals surface area contributed by atoms with E-state index in [0.717, 1.165) is 6.26 Å². The van der Waals surface area contributed by atoms with Gasteiger partial charge in [-0.15, -0.1) is 12.4 Å². The zero-order valence-electron chi connectivity index (χ0n) is 14.9. The lowest BCUT2D eigenvalue weighted by molar-refractivity contribution is -0.128. The van der Waals surface area contributed by atoms with E-state index < -0.39 is 26.5 Å². The average molecular weight is 436 g/mol. The first-order valence-corrected chi connectivity index (χ1v) is 10.8. The lowest BCUT2D eigenvalue weighted by Gasteiger charge is -2.35. The van der Waals surface area contributed by atoms with E-state index in [0.29, 0.717) is 36.8 Å². The van der Waals surface area contributed by atoms with Gasteiger partial charge in [0.05, 0.1) is 10.7 Å². The van der Waals surface area contributed by atoms with Gasteiger partial charge in [-0.2, -0.15) is 0 Å². The van der Waals surface area contributed by atoms with Crippen LogP contribution < -0.4 is 15.5 Å². The molecule has 0 spiro atoms. The topological polar surface area (TPSA) is 95.6 Å². The van der Waals surface area contributed by atoms with Crippen LogP contribution in [0, 0.1) is 0 Å². The Kier molecular flexibility index (Phi) is 6.78. The monoisotopic (exact) mass is 435 g/mol. The molecule has 10 heteroatoms. The fourth-order valence-electron chi connectivity index (χ4n) is 3.61. The molecule has 2 aliphatic rings. The Balaban J connectivity index is 0.00000261. The van der Waals surface area contributed by atoms with Crippen molar-refractivity contribution in [2.75, 3.05) is 30.8 Å². The highest BCUT2D eigenvalue weighted by atomic mass is 35.5. The summed E-state index contributed by atoms with van der Waals surface area (Å²) in [6, 6.07) is 6.26. The summed E-state index contributed by atoms with van der Waals surface area (Å²) in [6.07, 6.45) is 1.90. The lowest BCUT2D eigenvalue weighted by atomic mass is 9.95. The minimum absolute atomic E-state index is 0. The fourth-order valence-corrected chi connectivity index (χ4v) is 5.19. The molecule has 150 valence electrons. The first-order chi connectivity index (χ1) is 12.3. The molecule has 2 N–H and O–H groups in total. The predicted molar refractivity (Wildman–Crippen MR) is 107 cm³/mol. The van der Waals surface area contributed by atoms with Crippen molar-refractivity contribution >= 4 is 51.3 Å². The molecule has 1 aromatic rings. The molecular weight excluding hydrogens is 413 g/mol. The normalized spacial score (nSPS) is 22.2. The number of carbonyl (C=O) groups is 2. The molecule has 0 radical (unpaired) electrons. The van der Waals surface area contributed by atoms with Gasteiger partial charge >= 0.3 is 0 Å². The van der Waals surface area contributed by atoms with Gasteiger partial charge in [0.2, 0.25) is 11.8 Å². The van der Waals surface area contributed by atoms with E-state index in [4.69, 9.17) is 11.6 Å². The van der Waals surface area contributed by atoms with E-state index in [9.17, 15) is 18.0 Å².